The molecule has 0 spiro atoms. The topological polar surface area (TPSA) is 303 Å². The smallest absolute Gasteiger partial charge is 0.317 e. The highest BCUT2D eigenvalue weighted by Gasteiger charge is 2.23. The molecule has 9 N–H and O–H groups in total. The average Bonchev–Trinajstić information content (AvgIpc) is 0.935. The first-order valence-electron chi connectivity index (χ1n) is 36.6. The van der Waals surface area contributed by atoms with Crippen molar-refractivity contribution in [2.45, 2.75) is 264 Å². The second-order valence-corrected chi connectivity index (χ2v) is 24.9. The van der Waals surface area contributed by atoms with Crippen LogP contribution in [0.2, 0.25) is 0 Å². The minimum absolute atomic E-state index is 0.0403. The number of unbranched alkanes of at least 4 members (excludes halogenated alkanes) is 32. The Balaban J connectivity index is 2.54. The van der Waals surface area contributed by atoms with Gasteiger partial charge < -0.3 is 56.5 Å². The molecule has 0 saturated carbocycles. The van der Waals surface area contributed by atoms with Gasteiger partial charge in [-0.2, -0.15) is 0 Å². The number of aromatic hydroxyl groups is 1. The van der Waals surface area contributed by atoms with Crippen LogP contribution >= 0.6 is 0 Å². The van der Waals surface area contributed by atoms with Crippen LogP contribution in [-0.2, 0) is 43.0 Å². The van der Waals surface area contributed by atoms with Gasteiger partial charge in [-0.3, -0.25) is 48.2 Å². The Labute approximate surface area is 581 Å². The number of rotatable bonds is 62. The molecule has 21 heteroatoms. The molecule has 1 atom stereocenters. The van der Waals surface area contributed by atoms with Crippen LogP contribution < -0.4 is 26.6 Å². The second kappa shape index (κ2) is 63.6. The van der Waals surface area contributed by atoms with Crippen molar-refractivity contribution in [3.8, 4) is 53.1 Å². The third kappa shape index (κ3) is 56.6. The number of aliphatic carboxylic acids is 3. The van der Waals surface area contributed by atoms with Crippen molar-refractivity contribution in [2.24, 2.45) is 0 Å². The first kappa shape index (κ1) is 87.9. The zero-order chi connectivity index (χ0) is 70.9. The Morgan fingerprint density at radius 2 is 0.804 bits per heavy atom. The van der Waals surface area contributed by atoms with Gasteiger partial charge in [0.05, 0.1) is 58.2 Å². The van der Waals surface area contributed by atoms with Gasteiger partial charge in [-0.1, -0.05) is 204 Å². The Kier molecular flexibility index (Phi) is 57.6. The monoisotopic (exact) mass is 1360 g/mol. The molecule has 1 aromatic rings. The normalized spacial score (nSPS) is 11.0. The Morgan fingerprint density at radius 1 is 0.433 bits per heavy atom. The van der Waals surface area contributed by atoms with Crippen LogP contribution in [0.1, 0.15) is 268 Å². The van der Waals surface area contributed by atoms with E-state index < -0.39 is 67.9 Å². The van der Waals surface area contributed by atoms with E-state index in [0.29, 0.717) is 19.3 Å². The average molecular weight is 1360 g/mol. The molecule has 0 aliphatic rings. The van der Waals surface area contributed by atoms with Crippen molar-refractivity contribution in [1.82, 2.24) is 31.1 Å². The number of ether oxygens (including phenoxy) is 2. The molecule has 1 unspecified atom stereocenters. The molecule has 1 aromatic carbocycles. The summed E-state index contributed by atoms with van der Waals surface area (Å²) in [6.45, 7) is 2.53. The summed E-state index contributed by atoms with van der Waals surface area (Å²) in [5.74, 6) is 18.3. The molecule has 21 nitrogen and oxygen atoms in total. The lowest BCUT2D eigenvalue weighted by molar-refractivity contribution is -0.143. The summed E-state index contributed by atoms with van der Waals surface area (Å²) in [5.41, 5.74) is -0.0559. The third-order valence-electron chi connectivity index (χ3n) is 16.0. The highest BCUT2D eigenvalue weighted by atomic mass is 16.5. The third-order valence-corrected chi connectivity index (χ3v) is 16.0. The lowest BCUT2D eigenvalue weighted by Gasteiger charge is -2.24. The Morgan fingerprint density at radius 3 is 1.22 bits per heavy atom. The van der Waals surface area contributed by atoms with Crippen LogP contribution in [0, 0.1) is 47.4 Å². The maximum absolute atomic E-state index is 13.4. The molecule has 0 aromatic heterocycles. The SMILES string of the molecule is CCCCCCCCCCCCC#CC#CCCCCCCCCC(=O)NCC(NC(=O)CCCCCCCCC#CC#CCCCCCCCCCCCC)C(=O)NCCOCCOCCNC(=O)c1cc(NC(=O)CN(CCN(CC(=O)O)CC(=O)O)CC(=O)O)ccc1O. The summed E-state index contributed by atoms with van der Waals surface area (Å²) >= 11 is 0. The number of amides is 5. The minimum Gasteiger partial charge on any atom is -0.507 e. The van der Waals surface area contributed by atoms with Gasteiger partial charge in [0.2, 0.25) is 23.6 Å². The van der Waals surface area contributed by atoms with E-state index in [1.165, 1.54) is 139 Å². The molecule has 0 aliphatic heterocycles. The molecular weight excluding hydrogens is 1230 g/mol. The lowest BCUT2D eigenvalue weighted by atomic mass is 10.1. The van der Waals surface area contributed by atoms with Gasteiger partial charge in [0, 0.05) is 76.9 Å². The number of hydrogen-bond acceptors (Lipinski definition) is 13. The van der Waals surface area contributed by atoms with E-state index in [1.807, 2.05) is 0 Å². The number of nitrogens with one attached hydrogen (secondary N) is 5. The van der Waals surface area contributed by atoms with Gasteiger partial charge in [0.1, 0.15) is 11.8 Å². The van der Waals surface area contributed by atoms with E-state index in [9.17, 15) is 48.6 Å². The van der Waals surface area contributed by atoms with Gasteiger partial charge in [-0.05, 0) is 80.4 Å². The summed E-state index contributed by atoms with van der Waals surface area (Å²) < 4.78 is 11.2. The van der Waals surface area contributed by atoms with Crippen molar-refractivity contribution in [1.29, 1.82) is 0 Å². The van der Waals surface area contributed by atoms with Crippen molar-refractivity contribution in [3.05, 3.63) is 23.8 Å². The number of carbonyl (C=O) groups is 8. The zero-order valence-electron chi connectivity index (χ0n) is 59.1. The molecule has 5 amide bonds. The highest BCUT2D eigenvalue weighted by molar-refractivity contribution is 5.99. The van der Waals surface area contributed by atoms with Crippen LogP contribution in [0.3, 0.4) is 0 Å². The number of nitrogens with zero attached hydrogens (tertiary/aromatic N) is 2. The van der Waals surface area contributed by atoms with Crippen LogP contribution in [0.5, 0.6) is 5.75 Å². The van der Waals surface area contributed by atoms with Crippen LogP contribution in [-0.4, -0.2) is 169 Å². The predicted octanol–water partition coefficient (Wildman–Crippen LogP) is 11.5. The van der Waals surface area contributed by atoms with Crippen molar-refractivity contribution < 1.29 is 68.3 Å². The first-order chi connectivity index (χ1) is 47.1. The molecule has 97 heavy (non-hydrogen) atoms. The summed E-state index contributed by atoms with van der Waals surface area (Å²) in [7, 11) is 0. The number of carbonyl (C=O) groups excluding carboxylic acids is 5. The van der Waals surface area contributed by atoms with E-state index in [0.717, 1.165) is 108 Å². The van der Waals surface area contributed by atoms with Gasteiger partial charge in [0.15, 0.2) is 0 Å². The van der Waals surface area contributed by atoms with Crippen molar-refractivity contribution in [2.75, 3.05) is 90.6 Å². The van der Waals surface area contributed by atoms with E-state index in [1.54, 1.807) is 0 Å². The fourth-order valence-corrected chi connectivity index (χ4v) is 10.5. The molecule has 0 saturated heterocycles. The largest absolute Gasteiger partial charge is 0.507 e. The number of carboxylic acids is 3. The van der Waals surface area contributed by atoms with E-state index >= 15 is 0 Å². The van der Waals surface area contributed by atoms with Gasteiger partial charge >= 0.3 is 17.9 Å². The van der Waals surface area contributed by atoms with Gasteiger partial charge in [-0.15, -0.1) is 0 Å². The molecule has 0 bridgehead atoms. The Bertz CT molecular complexity index is 2590. The molecule has 1 rings (SSSR count). The van der Waals surface area contributed by atoms with Crippen LogP contribution in [0.15, 0.2) is 18.2 Å². The first-order valence-corrected chi connectivity index (χ1v) is 36.6. The van der Waals surface area contributed by atoms with Crippen molar-refractivity contribution in [3.63, 3.8) is 0 Å². The molecular formula is C76H121N7O14. The number of benzene rings is 1. The molecule has 0 aliphatic carbocycles. The standard InChI is InChI=1S/C76H121N7O14/c1-3-5-7-9-11-13-15-17-19-21-23-25-27-29-31-33-35-37-39-41-43-45-47-69(85)79-60-67(81-70(86)48-46-44-42-40-38-36-34-32-30-28-26-24-22-20-18-16-14-12-10-8-6-4-2)76(95)78-52-56-97-58-57-96-55-51-77-75(94)66-59-65(49-50-68(66)84)80-71(87)61-82(62-72(88)89)53-54-83(63-73(90)91)64-74(92)93/h49-50,59,67,84H,3-24,33-48,51-58,60-64H2,1-2H3,(H,77,94)(H,78,95)(H,79,85)(H,80,87)(H,81,86)(H,88,89)(H,90,91)(H,92,93). The van der Waals surface area contributed by atoms with Crippen LogP contribution in [0.4, 0.5) is 5.69 Å². The van der Waals surface area contributed by atoms with Crippen LogP contribution in [0.25, 0.3) is 0 Å². The second-order valence-electron chi connectivity index (χ2n) is 24.9. The summed E-state index contributed by atoms with van der Waals surface area (Å²) in [6, 6.07) is 2.77. The van der Waals surface area contributed by atoms with Gasteiger partial charge in [0.25, 0.3) is 5.91 Å². The summed E-state index contributed by atoms with van der Waals surface area (Å²) in [5, 5.41) is 51.6. The minimum atomic E-state index is -1.28. The molecule has 0 radical (unpaired) electrons. The molecule has 0 heterocycles. The molecule has 544 valence electrons. The summed E-state index contributed by atoms with van der Waals surface area (Å²) in [6.07, 6.45) is 41.8. The zero-order valence-corrected chi connectivity index (χ0v) is 59.1. The number of carboxylic acid groups (broad SMARTS) is 3. The van der Waals surface area contributed by atoms with Gasteiger partial charge in [-0.25, -0.2) is 0 Å². The highest BCUT2D eigenvalue weighted by Crippen LogP contribution is 2.22. The predicted molar refractivity (Wildman–Crippen MR) is 382 cm³/mol. The maximum atomic E-state index is 13.4. The van der Waals surface area contributed by atoms with Crippen molar-refractivity contribution >= 4 is 53.1 Å². The fourth-order valence-electron chi connectivity index (χ4n) is 10.5. The molecule has 0 fully saturated rings. The number of phenols is 1. The number of anilines is 1. The summed E-state index contributed by atoms with van der Waals surface area (Å²) in [4.78, 5) is 102. The lowest BCUT2D eigenvalue weighted by Crippen LogP contribution is -2.53. The Hall–Kier alpha value is -7.14. The quantitative estimate of drug-likeness (QED) is 0.0166. The van der Waals surface area contributed by atoms with E-state index in [-0.39, 0.29) is 94.4 Å². The van der Waals surface area contributed by atoms with E-state index in [4.69, 9.17) is 19.7 Å². The number of phenolic OH excluding ortho intramolecular Hbond substituents is 1. The van der Waals surface area contributed by atoms with E-state index in [2.05, 4.69) is 87.8 Å². The fraction of sp³-hybridized carbons (Fsp3) is 0.711. The number of hydrogen-bond donors (Lipinski definition) is 9. The maximum Gasteiger partial charge on any atom is 0.317 e.